The van der Waals surface area contributed by atoms with E-state index in [4.69, 9.17) is 0 Å². The molecule has 0 saturated heterocycles. The Kier molecular flexibility index (Phi) is 50.0. The van der Waals surface area contributed by atoms with E-state index in [1.54, 1.807) is 0 Å². The molecule has 3 atom stereocenters. The third-order valence-electron chi connectivity index (χ3n) is 13.1. The highest BCUT2D eigenvalue weighted by atomic mass is 16.3. The average Bonchev–Trinajstić information content (AvgIpc) is 3.24. The Hall–Kier alpha value is -0.910. The van der Waals surface area contributed by atoms with Gasteiger partial charge in [-0.2, -0.15) is 0 Å². The molecule has 0 rings (SSSR count). The fraction of sp³-hybridized carbons (Fsp3) is 0.945. The molecule has 0 aliphatic heterocycles. The summed E-state index contributed by atoms with van der Waals surface area (Å²) in [5, 5.41) is 33.6. The van der Waals surface area contributed by atoms with Gasteiger partial charge in [0.05, 0.1) is 31.3 Å². The van der Waals surface area contributed by atoms with Crippen LogP contribution in [0.5, 0.6) is 0 Å². The van der Waals surface area contributed by atoms with Crippen molar-refractivity contribution in [2.45, 2.75) is 327 Å². The van der Waals surface area contributed by atoms with Crippen LogP contribution >= 0.6 is 0 Å². The van der Waals surface area contributed by atoms with Crippen LogP contribution in [0.25, 0.3) is 0 Å². The number of amides is 1. The number of allylic oxidation sites excluding steroid dienone is 2. The summed E-state index contributed by atoms with van der Waals surface area (Å²) in [6, 6.07) is -0.658. The van der Waals surface area contributed by atoms with E-state index in [0.717, 1.165) is 25.7 Å². The third-order valence-corrected chi connectivity index (χ3v) is 13.1. The zero-order chi connectivity index (χ0) is 43.7. The molecule has 5 nitrogen and oxygen atoms in total. The fourth-order valence-electron chi connectivity index (χ4n) is 8.87. The van der Waals surface area contributed by atoms with Crippen LogP contribution < -0.4 is 5.32 Å². The van der Waals surface area contributed by atoms with E-state index in [9.17, 15) is 20.1 Å². The van der Waals surface area contributed by atoms with Gasteiger partial charge in [0.25, 0.3) is 0 Å². The van der Waals surface area contributed by atoms with E-state index in [2.05, 4.69) is 31.3 Å². The normalized spacial score (nSPS) is 13.3. The first-order valence-corrected chi connectivity index (χ1v) is 27.5. The Bertz CT molecular complexity index is 848. The Morgan fingerprint density at radius 2 is 0.667 bits per heavy atom. The van der Waals surface area contributed by atoms with Crippen molar-refractivity contribution in [1.29, 1.82) is 0 Å². The number of carbonyl (C=O) groups is 1. The highest BCUT2D eigenvalue weighted by molar-refractivity contribution is 5.76. The van der Waals surface area contributed by atoms with Crippen molar-refractivity contribution in [2.24, 2.45) is 0 Å². The van der Waals surface area contributed by atoms with Gasteiger partial charge in [-0.3, -0.25) is 4.79 Å². The van der Waals surface area contributed by atoms with Crippen LogP contribution in [-0.4, -0.2) is 46.1 Å². The summed E-state index contributed by atoms with van der Waals surface area (Å²) in [5.74, 6) is -0.279. The first-order chi connectivity index (χ1) is 29.5. The van der Waals surface area contributed by atoms with Gasteiger partial charge in [-0.25, -0.2) is 0 Å². The lowest BCUT2D eigenvalue weighted by Crippen LogP contribution is -2.46. The lowest BCUT2D eigenvalue weighted by molar-refractivity contribution is -0.125. The summed E-state index contributed by atoms with van der Waals surface area (Å²) >= 11 is 0. The van der Waals surface area contributed by atoms with E-state index >= 15 is 0 Å². The molecule has 0 heterocycles. The maximum atomic E-state index is 12.5. The predicted octanol–water partition coefficient (Wildman–Crippen LogP) is 16.7. The molecule has 0 fully saturated rings. The van der Waals surface area contributed by atoms with Crippen molar-refractivity contribution in [3.8, 4) is 0 Å². The van der Waals surface area contributed by atoms with Crippen LogP contribution in [0.4, 0.5) is 0 Å². The Balaban J connectivity index is 3.53. The number of rotatable bonds is 51. The van der Waals surface area contributed by atoms with Crippen LogP contribution in [0.2, 0.25) is 0 Å². The van der Waals surface area contributed by atoms with Crippen LogP contribution in [0.15, 0.2) is 12.2 Å². The molecular weight excluding hydrogens is 739 g/mol. The van der Waals surface area contributed by atoms with Gasteiger partial charge < -0.3 is 20.6 Å². The van der Waals surface area contributed by atoms with E-state index in [1.165, 1.54) is 250 Å². The van der Waals surface area contributed by atoms with E-state index in [-0.39, 0.29) is 18.9 Å². The minimum atomic E-state index is -0.748. The topological polar surface area (TPSA) is 89.8 Å². The number of carbonyl (C=O) groups excluding carboxylic acids is 1. The molecule has 0 bridgehead atoms. The molecule has 0 aromatic rings. The van der Waals surface area contributed by atoms with Crippen molar-refractivity contribution in [3.63, 3.8) is 0 Å². The van der Waals surface area contributed by atoms with Crippen LogP contribution in [0.1, 0.15) is 309 Å². The number of hydrogen-bond acceptors (Lipinski definition) is 4. The van der Waals surface area contributed by atoms with Crippen molar-refractivity contribution in [1.82, 2.24) is 5.32 Å². The standard InChI is InChI=1S/C55H109NO4/c1-3-5-7-9-11-13-15-17-19-21-23-25-26-27-29-30-32-34-36-38-40-42-44-46-48-52(58)50-55(60)56-53(51-57)54(59)49-47-45-43-41-39-37-35-33-31-28-24-22-20-18-16-14-12-10-8-6-4-2/h27,29,52-54,57-59H,3-26,28,30-51H2,1-2H3,(H,56,60)/b29-27-. The summed E-state index contributed by atoms with van der Waals surface area (Å²) in [4.78, 5) is 12.5. The van der Waals surface area contributed by atoms with Gasteiger partial charge in [-0.05, 0) is 38.5 Å². The third kappa shape index (κ3) is 46.6. The van der Waals surface area contributed by atoms with Gasteiger partial charge >= 0.3 is 0 Å². The molecule has 0 aliphatic carbocycles. The lowest BCUT2D eigenvalue weighted by atomic mass is 10.0. The number of hydrogen-bond donors (Lipinski definition) is 4. The van der Waals surface area contributed by atoms with E-state index in [1.807, 2.05) is 0 Å². The van der Waals surface area contributed by atoms with Gasteiger partial charge in [-0.1, -0.05) is 276 Å². The zero-order valence-corrected chi connectivity index (χ0v) is 40.9. The zero-order valence-electron chi connectivity index (χ0n) is 40.9. The maximum Gasteiger partial charge on any atom is 0.222 e. The molecule has 0 radical (unpaired) electrons. The quantitative estimate of drug-likeness (QED) is 0.0363. The molecular formula is C55H109NO4. The van der Waals surface area contributed by atoms with Crippen LogP contribution in [-0.2, 0) is 4.79 Å². The molecule has 358 valence electrons. The molecule has 0 aromatic carbocycles. The Morgan fingerprint density at radius 3 is 0.967 bits per heavy atom. The monoisotopic (exact) mass is 848 g/mol. The van der Waals surface area contributed by atoms with Crippen molar-refractivity contribution < 1.29 is 20.1 Å². The second-order valence-corrected chi connectivity index (χ2v) is 19.2. The molecule has 3 unspecified atom stereocenters. The van der Waals surface area contributed by atoms with Crippen molar-refractivity contribution in [3.05, 3.63) is 12.2 Å². The van der Waals surface area contributed by atoms with Crippen LogP contribution in [0.3, 0.4) is 0 Å². The second-order valence-electron chi connectivity index (χ2n) is 19.2. The second kappa shape index (κ2) is 50.7. The van der Waals surface area contributed by atoms with E-state index in [0.29, 0.717) is 12.8 Å². The lowest BCUT2D eigenvalue weighted by Gasteiger charge is -2.23. The molecule has 1 amide bonds. The smallest absolute Gasteiger partial charge is 0.222 e. The van der Waals surface area contributed by atoms with Crippen molar-refractivity contribution >= 4 is 5.91 Å². The molecule has 0 aromatic heterocycles. The average molecular weight is 848 g/mol. The Morgan fingerprint density at radius 1 is 0.400 bits per heavy atom. The van der Waals surface area contributed by atoms with Gasteiger partial charge in [-0.15, -0.1) is 0 Å². The van der Waals surface area contributed by atoms with E-state index < -0.39 is 18.2 Å². The summed E-state index contributed by atoms with van der Waals surface area (Å²) in [6.45, 7) is 4.30. The summed E-state index contributed by atoms with van der Waals surface area (Å²) in [5.41, 5.74) is 0. The van der Waals surface area contributed by atoms with Crippen LogP contribution in [0, 0.1) is 0 Å². The number of nitrogens with one attached hydrogen (secondary N) is 1. The molecule has 4 N–H and O–H groups in total. The molecule has 60 heavy (non-hydrogen) atoms. The van der Waals surface area contributed by atoms with Gasteiger partial charge in [0.1, 0.15) is 0 Å². The molecule has 0 spiro atoms. The highest BCUT2D eigenvalue weighted by Crippen LogP contribution is 2.18. The number of aliphatic hydroxyl groups excluding tert-OH is 3. The summed E-state index contributed by atoms with van der Waals surface area (Å²) in [7, 11) is 0. The first kappa shape index (κ1) is 59.1. The minimum Gasteiger partial charge on any atom is -0.394 e. The largest absolute Gasteiger partial charge is 0.394 e. The maximum absolute atomic E-state index is 12.5. The number of unbranched alkanes of at least 4 members (excludes halogenated alkanes) is 40. The summed E-state index contributed by atoms with van der Waals surface area (Å²) in [6.07, 6.45) is 62.2. The minimum absolute atomic E-state index is 0.0381. The Labute approximate surface area is 376 Å². The molecule has 0 saturated carbocycles. The summed E-state index contributed by atoms with van der Waals surface area (Å²) < 4.78 is 0. The van der Waals surface area contributed by atoms with Crippen molar-refractivity contribution in [2.75, 3.05) is 6.61 Å². The highest BCUT2D eigenvalue weighted by Gasteiger charge is 2.21. The molecule has 0 aliphatic rings. The van der Waals surface area contributed by atoms with Gasteiger partial charge in [0.2, 0.25) is 5.91 Å². The fourth-order valence-corrected chi connectivity index (χ4v) is 8.87. The predicted molar refractivity (Wildman–Crippen MR) is 264 cm³/mol. The number of aliphatic hydroxyl groups is 3. The van der Waals surface area contributed by atoms with Gasteiger partial charge in [0.15, 0.2) is 0 Å². The SMILES string of the molecule is CCCCCCCCCCCCCC/C=C\CCCCCCCCCCC(O)CC(=O)NC(CO)C(O)CCCCCCCCCCCCCCCCCCCCCCC. The first-order valence-electron chi connectivity index (χ1n) is 27.5. The van der Waals surface area contributed by atoms with Gasteiger partial charge in [0, 0.05) is 0 Å². The molecule has 5 heteroatoms.